The highest BCUT2D eigenvalue weighted by Crippen LogP contribution is 2.26. The zero-order valence-corrected chi connectivity index (χ0v) is 22.1. The molecule has 188 valence electrons. The summed E-state index contributed by atoms with van der Waals surface area (Å²) in [6.07, 6.45) is 5.25. The SMILES string of the molecule is O=C(CN(c1ccc(Br)cc1)S(=O)(=O)c1ccccc1)Nc1ccccc1C(=O)NC1CCCCC1. The first-order chi connectivity index (χ1) is 17.3. The van der Waals surface area contributed by atoms with Crippen molar-refractivity contribution in [2.75, 3.05) is 16.2 Å². The molecule has 0 bridgehead atoms. The molecule has 0 unspecified atom stereocenters. The lowest BCUT2D eigenvalue weighted by atomic mass is 9.95. The maximum absolute atomic E-state index is 13.5. The summed E-state index contributed by atoms with van der Waals surface area (Å²) >= 11 is 3.36. The van der Waals surface area contributed by atoms with Crippen molar-refractivity contribution < 1.29 is 18.0 Å². The fourth-order valence-corrected chi connectivity index (χ4v) is 5.97. The van der Waals surface area contributed by atoms with E-state index < -0.39 is 22.5 Å². The van der Waals surface area contributed by atoms with Crippen molar-refractivity contribution in [2.24, 2.45) is 0 Å². The van der Waals surface area contributed by atoms with Crippen LogP contribution in [0, 0.1) is 0 Å². The number of anilines is 2. The Morgan fingerprint density at radius 3 is 2.19 bits per heavy atom. The van der Waals surface area contributed by atoms with Gasteiger partial charge in [0, 0.05) is 10.5 Å². The van der Waals surface area contributed by atoms with Gasteiger partial charge >= 0.3 is 0 Å². The number of halogens is 1. The van der Waals surface area contributed by atoms with Crippen LogP contribution >= 0.6 is 15.9 Å². The third-order valence-corrected chi connectivity index (χ3v) is 8.44. The van der Waals surface area contributed by atoms with Gasteiger partial charge in [0.25, 0.3) is 15.9 Å². The van der Waals surface area contributed by atoms with E-state index in [-0.39, 0.29) is 16.8 Å². The average Bonchev–Trinajstić information content (AvgIpc) is 2.89. The molecule has 1 aliphatic carbocycles. The molecule has 0 heterocycles. The van der Waals surface area contributed by atoms with Crippen LogP contribution in [0.1, 0.15) is 42.5 Å². The first kappa shape index (κ1) is 25.9. The Labute approximate surface area is 220 Å². The van der Waals surface area contributed by atoms with Crippen molar-refractivity contribution in [1.82, 2.24) is 5.32 Å². The largest absolute Gasteiger partial charge is 0.349 e. The maximum Gasteiger partial charge on any atom is 0.264 e. The Kier molecular flexibility index (Phi) is 8.43. The van der Waals surface area contributed by atoms with Crippen molar-refractivity contribution in [3.63, 3.8) is 0 Å². The third-order valence-electron chi connectivity index (χ3n) is 6.12. The van der Waals surface area contributed by atoms with E-state index in [0.29, 0.717) is 16.9 Å². The maximum atomic E-state index is 13.5. The van der Waals surface area contributed by atoms with Crippen molar-refractivity contribution in [2.45, 2.75) is 43.0 Å². The molecule has 3 aromatic carbocycles. The Morgan fingerprint density at radius 2 is 1.50 bits per heavy atom. The molecule has 0 aliphatic heterocycles. The number of nitrogens with one attached hydrogen (secondary N) is 2. The number of hydrogen-bond acceptors (Lipinski definition) is 4. The summed E-state index contributed by atoms with van der Waals surface area (Å²) in [5.74, 6) is -0.810. The van der Waals surface area contributed by atoms with Gasteiger partial charge in [0.1, 0.15) is 6.54 Å². The van der Waals surface area contributed by atoms with Crippen LogP contribution in [0.25, 0.3) is 0 Å². The number of carbonyl (C=O) groups is 2. The first-order valence-electron chi connectivity index (χ1n) is 11.9. The predicted octanol–water partition coefficient (Wildman–Crippen LogP) is 5.35. The molecule has 9 heteroatoms. The van der Waals surface area contributed by atoms with E-state index in [1.165, 1.54) is 18.6 Å². The van der Waals surface area contributed by atoms with E-state index in [1.807, 2.05) is 0 Å². The summed E-state index contributed by atoms with van der Waals surface area (Å²) in [4.78, 5) is 26.2. The molecule has 36 heavy (non-hydrogen) atoms. The second-order valence-electron chi connectivity index (χ2n) is 8.70. The van der Waals surface area contributed by atoms with E-state index in [0.717, 1.165) is 34.5 Å². The summed E-state index contributed by atoms with van der Waals surface area (Å²) < 4.78 is 28.8. The van der Waals surface area contributed by atoms with Gasteiger partial charge in [-0.1, -0.05) is 65.5 Å². The summed E-state index contributed by atoms with van der Waals surface area (Å²) in [5.41, 5.74) is 1.03. The molecule has 4 rings (SSSR count). The lowest BCUT2D eigenvalue weighted by Gasteiger charge is -2.25. The Morgan fingerprint density at radius 1 is 0.861 bits per heavy atom. The molecule has 0 radical (unpaired) electrons. The van der Waals surface area contributed by atoms with Gasteiger partial charge in [-0.15, -0.1) is 0 Å². The van der Waals surface area contributed by atoms with Crippen molar-refractivity contribution in [3.8, 4) is 0 Å². The summed E-state index contributed by atoms with van der Waals surface area (Å²) in [6.45, 7) is -0.461. The minimum atomic E-state index is -4.02. The Bertz CT molecular complexity index is 1310. The van der Waals surface area contributed by atoms with Crippen molar-refractivity contribution in [1.29, 1.82) is 0 Å². The van der Waals surface area contributed by atoms with Crippen LogP contribution in [-0.2, 0) is 14.8 Å². The van der Waals surface area contributed by atoms with Crippen molar-refractivity contribution in [3.05, 3.63) is 88.9 Å². The molecule has 2 N–H and O–H groups in total. The lowest BCUT2D eigenvalue weighted by molar-refractivity contribution is -0.114. The van der Waals surface area contributed by atoms with E-state index in [9.17, 15) is 18.0 Å². The number of sulfonamides is 1. The van der Waals surface area contributed by atoms with Gasteiger partial charge < -0.3 is 10.6 Å². The van der Waals surface area contributed by atoms with E-state index >= 15 is 0 Å². The zero-order chi connectivity index (χ0) is 25.5. The van der Waals surface area contributed by atoms with Crippen LogP contribution in [0.4, 0.5) is 11.4 Å². The fourth-order valence-electron chi connectivity index (χ4n) is 4.26. The van der Waals surface area contributed by atoms with E-state index in [2.05, 4.69) is 26.6 Å². The van der Waals surface area contributed by atoms with Gasteiger partial charge in [-0.3, -0.25) is 13.9 Å². The molecule has 0 aromatic heterocycles. The van der Waals surface area contributed by atoms with Crippen LogP contribution in [0.3, 0.4) is 0 Å². The highest BCUT2D eigenvalue weighted by molar-refractivity contribution is 9.10. The molecule has 2 amide bonds. The summed E-state index contributed by atoms with van der Waals surface area (Å²) in [7, 11) is -4.02. The van der Waals surface area contributed by atoms with Gasteiger partial charge in [-0.2, -0.15) is 0 Å². The Hall–Kier alpha value is -3.17. The number of rotatable bonds is 8. The second kappa shape index (κ2) is 11.7. The molecule has 3 aromatic rings. The van der Waals surface area contributed by atoms with Crippen LogP contribution in [0.2, 0.25) is 0 Å². The first-order valence-corrected chi connectivity index (χ1v) is 14.1. The molecule has 0 saturated heterocycles. The van der Waals surface area contributed by atoms with Gasteiger partial charge in [0.15, 0.2) is 0 Å². The van der Waals surface area contributed by atoms with E-state index in [4.69, 9.17) is 0 Å². The lowest BCUT2D eigenvalue weighted by Crippen LogP contribution is -2.39. The number of benzene rings is 3. The van der Waals surface area contributed by atoms with Gasteiger partial charge in [-0.05, 0) is 61.4 Å². The normalized spacial score (nSPS) is 14.1. The number of carbonyl (C=O) groups excluding carboxylic acids is 2. The molecule has 7 nitrogen and oxygen atoms in total. The third kappa shape index (κ3) is 6.33. The average molecular weight is 571 g/mol. The number of hydrogen-bond donors (Lipinski definition) is 2. The minimum Gasteiger partial charge on any atom is -0.349 e. The topological polar surface area (TPSA) is 95.6 Å². The van der Waals surface area contributed by atoms with Crippen LogP contribution < -0.4 is 14.9 Å². The van der Waals surface area contributed by atoms with Crippen LogP contribution in [-0.4, -0.2) is 32.8 Å². The number of para-hydroxylation sites is 1. The molecule has 1 aliphatic rings. The second-order valence-corrected chi connectivity index (χ2v) is 11.5. The highest BCUT2D eigenvalue weighted by atomic mass is 79.9. The minimum absolute atomic E-state index is 0.0768. The van der Waals surface area contributed by atoms with E-state index in [1.54, 1.807) is 66.7 Å². The van der Waals surface area contributed by atoms with Crippen LogP contribution in [0.5, 0.6) is 0 Å². The predicted molar refractivity (Wildman–Crippen MR) is 145 cm³/mol. The highest BCUT2D eigenvalue weighted by Gasteiger charge is 2.28. The molecule has 0 atom stereocenters. The summed E-state index contributed by atoms with van der Waals surface area (Å²) in [5, 5.41) is 5.81. The Balaban J connectivity index is 1.56. The molecular formula is C27H28BrN3O4S. The number of amides is 2. The zero-order valence-electron chi connectivity index (χ0n) is 19.7. The quantitative estimate of drug-likeness (QED) is 0.382. The standard InChI is InChI=1S/C27H28BrN3O4S/c28-20-15-17-22(18-16-20)31(36(34,35)23-11-5-2-6-12-23)19-26(32)30-25-14-8-7-13-24(25)27(33)29-21-9-3-1-4-10-21/h2,5-8,11-18,21H,1,3-4,9-10,19H2,(H,29,33)(H,30,32). The van der Waals surface area contributed by atoms with Gasteiger partial charge in [0.05, 0.1) is 21.8 Å². The molecular weight excluding hydrogens is 542 g/mol. The number of nitrogens with zero attached hydrogens (tertiary/aromatic N) is 1. The van der Waals surface area contributed by atoms with Gasteiger partial charge in [-0.25, -0.2) is 8.42 Å². The smallest absolute Gasteiger partial charge is 0.264 e. The molecule has 1 saturated carbocycles. The van der Waals surface area contributed by atoms with Crippen LogP contribution in [0.15, 0.2) is 88.2 Å². The molecule has 0 spiro atoms. The van der Waals surface area contributed by atoms with Crippen molar-refractivity contribution >= 4 is 49.1 Å². The monoisotopic (exact) mass is 569 g/mol. The fraction of sp³-hybridized carbons (Fsp3) is 0.259. The summed E-state index contributed by atoms with van der Waals surface area (Å²) in [6, 6.07) is 21.5. The van der Waals surface area contributed by atoms with Gasteiger partial charge in [0.2, 0.25) is 5.91 Å². The molecule has 1 fully saturated rings.